The van der Waals surface area contributed by atoms with Crippen molar-refractivity contribution in [2.24, 2.45) is 5.41 Å². The molecule has 1 atom stereocenters. The zero-order chi connectivity index (χ0) is 19.9. The number of carbonyl (C=O) groups excluding carboxylic acids is 2. The van der Waals surface area contributed by atoms with Crippen LogP contribution in [0.2, 0.25) is 0 Å². The molecule has 2 aliphatic rings. The minimum absolute atomic E-state index is 0.0970. The van der Waals surface area contributed by atoms with Crippen molar-refractivity contribution in [1.29, 1.82) is 0 Å². The third-order valence-corrected chi connectivity index (χ3v) is 5.28. The van der Waals surface area contributed by atoms with Gasteiger partial charge in [-0.1, -0.05) is 19.9 Å². The summed E-state index contributed by atoms with van der Waals surface area (Å²) < 4.78 is 32.6. The summed E-state index contributed by atoms with van der Waals surface area (Å²) in [6.45, 7) is 7.31. The van der Waals surface area contributed by atoms with E-state index in [2.05, 4.69) is 5.32 Å². The van der Waals surface area contributed by atoms with E-state index in [1.54, 1.807) is 13.8 Å². The fourth-order valence-corrected chi connectivity index (χ4v) is 3.78. The summed E-state index contributed by atoms with van der Waals surface area (Å²) in [5.41, 5.74) is 1.76. The normalized spacial score (nSPS) is 21.7. The van der Waals surface area contributed by atoms with Crippen molar-refractivity contribution in [2.75, 3.05) is 6.61 Å². The second-order valence-electron chi connectivity index (χ2n) is 7.60. The van der Waals surface area contributed by atoms with Gasteiger partial charge in [0.2, 0.25) is 0 Å². The lowest BCUT2D eigenvalue weighted by molar-refractivity contribution is -0.138. The summed E-state index contributed by atoms with van der Waals surface area (Å²) in [4.78, 5) is 25.9. The van der Waals surface area contributed by atoms with Gasteiger partial charge >= 0.3 is 5.97 Å². The molecule has 3 rings (SSSR count). The number of carbonyl (C=O) groups is 2. The first-order valence-corrected chi connectivity index (χ1v) is 9.05. The van der Waals surface area contributed by atoms with Gasteiger partial charge in [0.15, 0.2) is 17.4 Å². The number of hydrogen-bond donors (Lipinski definition) is 1. The lowest BCUT2D eigenvalue weighted by Crippen LogP contribution is -2.40. The quantitative estimate of drug-likeness (QED) is 0.807. The molecule has 0 saturated carbocycles. The highest BCUT2D eigenvalue weighted by Crippen LogP contribution is 2.47. The van der Waals surface area contributed by atoms with Crippen LogP contribution in [-0.4, -0.2) is 18.4 Å². The number of nitrogens with one attached hydrogen (secondary N) is 1. The van der Waals surface area contributed by atoms with Gasteiger partial charge in [-0.05, 0) is 44.4 Å². The highest BCUT2D eigenvalue weighted by Gasteiger charge is 2.45. The average Bonchev–Trinajstić information content (AvgIpc) is 2.60. The molecule has 0 aromatic heterocycles. The maximum Gasteiger partial charge on any atom is 0.336 e. The lowest BCUT2D eigenvalue weighted by Gasteiger charge is -2.39. The Labute approximate surface area is 157 Å². The number of dihydropyridines is 1. The minimum atomic E-state index is -1.02. The van der Waals surface area contributed by atoms with Crippen LogP contribution in [0.1, 0.15) is 52.0 Å². The molecule has 4 nitrogen and oxygen atoms in total. The van der Waals surface area contributed by atoms with E-state index in [-0.39, 0.29) is 18.0 Å². The Morgan fingerprint density at radius 2 is 2.00 bits per heavy atom. The Bertz CT molecular complexity index is 883. The van der Waals surface area contributed by atoms with E-state index in [0.29, 0.717) is 29.7 Å². The van der Waals surface area contributed by atoms with Crippen LogP contribution >= 0.6 is 0 Å². The Morgan fingerprint density at radius 1 is 1.30 bits per heavy atom. The average molecular weight is 375 g/mol. The van der Waals surface area contributed by atoms with E-state index in [1.165, 1.54) is 6.07 Å². The van der Waals surface area contributed by atoms with Gasteiger partial charge in [-0.2, -0.15) is 0 Å². The van der Waals surface area contributed by atoms with Crippen LogP contribution in [0, 0.1) is 17.0 Å². The van der Waals surface area contributed by atoms with Crippen LogP contribution in [0.4, 0.5) is 8.78 Å². The summed E-state index contributed by atoms with van der Waals surface area (Å²) in [5, 5.41) is 3.17. The maximum absolute atomic E-state index is 14.0. The number of halogens is 2. The molecule has 144 valence electrons. The molecule has 1 aliphatic heterocycles. The third kappa shape index (κ3) is 3.29. The van der Waals surface area contributed by atoms with E-state index in [4.69, 9.17) is 4.74 Å². The molecule has 1 aromatic rings. The molecule has 0 bridgehead atoms. The summed E-state index contributed by atoms with van der Waals surface area (Å²) in [5.74, 6) is -3.45. The molecule has 27 heavy (non-hydrogen) atoms. The summed E-state index contributed by atoms with van der Waals surface area (Å²) in [7, 11) is 0. The van der Waals surface area contributed by atoms with Gasteiger partial charge in [-0.15, -0.1) is 0 Å². The minimum Gasteiger partial charge on any atom is -0.463 e. The second kappa shape index (κ2) is 6.91. The highest BCUT2D eigenvalue weighted by molar-refractivity contribution is 6.06. The summed E-state index contributed by atoms with van der Waals surface area (Å²) in [6, 6.07) is 3.49. The summed E-state index contributed by atoms with van der Waals surface area (Å²) >= 11 is 0. The van der Waals surface area contributed by atoms with Crippen molar-refractivity contribution < 1.29 is 23.1 Å². The third-order valence-electron chi connectivity index (χ3n) is 5.28. The number of esters is 1. The largest absolute Gasteiger partial charge is 0.463 e. The number of benzene rings is 1. The van der Waals surface area contributed by atoms with Crippen LogP contribution < -0.4 is 5.32 Å². The Balaban J connectivity index is 2.22. The molecule has 0 spiro atoms. The van der Waals surface area contributed by atoms with E-state index >= 15 is 0 Å². The van der Waals surface area contributed by atoms with Gasteiger partial charge in [-0.25, -0.2) is 13.6 Å². The first-order valence-electron chi connectivity index (χ1n) is 9.05. The smallest absolute Gasteiger partial charge is 0.336 e. The molecule has 1 N–H and O–H groups in total. The molecule has 1 unspecified atom stereocenters. The van der Waals surface area contributed by atoms with Crippen LogP contribution in [-0.2, 0) is 14.3 Å². The van der Waals surface area contributed by atoms with Gasteiger partial charge in [0.05, 0.1) is 12.2 Å². The molecule has 1 aliphatic carbocycles. The molecule has 0 amide bonds. The van der Waals surface area contributed by atoms with E-state index in [1.807, 2.05) is 13.8 Å². The molecule has 6 heteroatoms. The fraction of sp³-hybridized carbons (Fsp3) is 0.429. The predicted molar refractivity (Wildman–Crippen MR) is 96.6 cm³/mol. The van der Waals surface area contributed by atoms with Gasteiger partial charge in [0.25, 0.3) is 0 Å². The number of rotatable bonds is 3. The number of hydrogen-bond acceptors (Lipinski definition) is 4. The molecular weight excluding hydrogens is 352 g/mol. The Morgan fingerprint density at radius 3 is 2.63 bits per heavy atom. The molecule has 1 aromatic carbocycles. The molecular formula is C21H23F2NO3. The van der Waals surface area contributed by atoms with Gasteiger partial charge in [0, 0.05) is 28.3 Å². The van der Waals surface area contributed by atoms with Crippen molar-refractivity contribution >= 4 is 11.8 Å². The Hall–Kier alpha value is -2.50. The predicted octanol–water partition coefficient (Wildman–Crippen LogP) is 4.13. The number of ether oxygens (including phenoxy) is 1. The first-order chi connectivity index (χ1) is 12.7. The zero-order valence-electron chi connectivity index (χ0n) is 15.9. The van der Waals surface area contributed by atoms with Gasteiger partial charge < -0.3 is 10.1 Å². The van der Waals surface area contributed by atoms with Crippen molar-refractivity contribution in [3.8, 4) is 0 Å². The van der Waals surface area contributed by atoms with Crippen molar-refractivity contribution in [3.63, 3.8) is 0 Å². The van der Waals surface area contributed by atoms with Crippen molar-refractivity contribution in [2.45, 2.75) is 46.5 Å². The second-order valence-corrected chi connectivity index (χ2v) is 7.60. The van der Waals surface area contributed by atoms with Crippen LogP contribution in [0.25, 0.3) is 0 Å². The fourth-order valence-electron chi connectivity index (χ4n) is 3.78. The number of allylic oxidation sites excluding steroid dienone is 3. The lowest BCUT2D eigenvalue weighted by atomic mass is 9.67. The van der Waals surface area contributed by atoms with Crippen molar-refractivity contribution in [1.82, 2.24) is 5.32 Å². The standard InChI is InChI=1S/C21H23F2NO3/c1-5-27-20(26)16-11(2)24-15-8-9-21(3,4)19(25)18(15)17(16)12-6-7-13(22)14(23)10-12/h6-7,10,17,24H,5,8-9H2,1-4H3. The van der Waals surface area contributed by atoms with E-state index < -0.39 is 28.9 Å². The molecule has 0 radical (unpaired) electrons. The topological polar surface area (TPSA) is 55.4 Å². The Kier molecular flexibility index (Phi) is 4.93. The molecule has 0 saturated heterocycles. The van der Waals surface area contributed by atoms with Gasteiger partial charge in [-0.3, -0.25) is 4.79 Å². The molecule has 0 fully saturated rings. The number of Topliss-reactive ketones (excluding diaryl/α,β-unsaturated/α-hetero) is 1. The van der Waals surface area contributed by atoms with Gasteiger partial charge in [0.1, 0.15) is 0 Å². The summed E-state index contributed by atoms with van der Waals surface area (Å²) in [6.07, 6.45) is 1.31. The van der Waals surface area contributed by atoms with Crippen LogP contribution in [0.15, 0.2) is 40.7 Å². The van der Waals surface area contributed by atoms with Crippen LogP contribution in [0.3, 0.4) is 0 Å². The SMILES string of the molecule is CCOC(=O)C1=C(C)NC2=C(C(=O)C(C)(C)CC2)C1c1ccc(F)c(F)c1. The highest BCUT2D eigenvalue weighted by atomic mass is 19.2. The van der Waals surface area contributed by atoms with E-state index in [0.717, 1.165) is 17.8 Å². The molecule has 1 heterocycles. The van der Waals surface area contributed by atoms with E-state index in [9.17, 15) is 18.4 Å². The maximum atomic E-state index is 14.0. The van der Waals surface area contributed by atoms with Crippen LogP contribution in [0.5, 0.6) is 0 Å². The monoisotopic (exact) mass is 375 g/mol. The zero-order valence-corrected chi connectivity index (χ0v) is 15.9. The van der Waals surface area contributed by atoms with Crippen molar-refractivity contribution in [3.05, 3.63) is 57.9 Å². The number of ketones is 1. The first kappa shape index (κ1) is 19.3.